The van der Waals surface area contributed by atoms with Gasteiger partial charge < -0.3 is 16.8 Å². The predicted molar refractivity (Wildman–Crippen MR) is 85.3 cm³/mol. The normalized spacial score (nSPS) is 15.6. The molecule has 1 heterocycles. The number of pyridine rings is 1. The second-order valence-corrected chi connectivity index (χ2v) is 6.27. The number of fused-ring (bicyclic) bond motifs is 1. The zero-order valence-corrected chi connectivity index (χ0v) is 13.0. The van der Waals surface area contributed by atoms with Gasteiger partial charge in [-0.1, -0.05) is 13.8 Å². The van der Waals surface area contributed by atoms with Gasteiger partial charge in [-0.25, -0.2) is 4.98 Å². The van der Waals surface area contributed by atoms with E-state index in [2.05, 4.69) is 24.1 Å². The number of carbonyl (C=O) groups excluding carboxylic acids is 1. The van der Waals surface area contributed by atoms with Gasteiger partial charge in [0.2, 0.25) is 0 Å². The van der Waals surface area contributed by atoms with E-state index in [1.807, 2.05) is 6.07 Å². The third kappa shape index (κ3) is 3.94. The van der Waals surface area contributed by atoms with E-state index in [1.54, 1.807) is 0 Å². The minimum absolute atomic E-state index is 0.109. The Morgan fingerprint density at radius 3 is 2.71 bits per heavy atom. The van der Waals surface area contributed by atoms with Crippen molar-refractivity contribution in [1.82, 2.24) is 4.98 Å². The number of nitrogens with one attached hydrogen (secondary N) is 1. The van der Waals surface area contributed by atoms with Crippen LogP contribution >= 0.6 is 0 Å². The Hall–Kier alpha value is -1.62. The summed E-state index contributed by atoms with van der Waals surface area (Å²) in [5.74, 6) is 0.693. The molecule has 5 nitrogen and oxygen atoms in total. The summed E-state index contributed by atoms with van der Waals surface area (Å²) in [5, 5.41) is 3.32. The van der Waals surface area contributed by atoms with Gasteiger partial charge in [0.15, 0.2) is 0 Å². The molecular formula is C16H26N4O. The first-order valence-corrected chi connectivity index (χ1v) is 7.80. The van der Waals surface area contributed by atoms with E-state index >= 15 is 0 Å². The van der Waals surface area contributed by atoms with Gasteiger partial charge in [-0.2, -0.15) is 0 Å². The minimum atomic E-state index is -0.432. The van der Waals surface area contributed by atoms with Crippen LogP contribution in [0.2, 0.25) is 0 Å². The number of nitrogens with two attached hydrogens (primary N) is 2. The summed E-state index contributed by atoms with van der Waals surface area (Å²) in [6.07, 6.45) is 5.20. The van der Waals surface area contributed by atoms with Gasteiger partial charge in [0.1, 0.15) is 5.82 Å². The van der Waals surface area contributed by atoms with Gasteiger partial charge in [-0.15, -0.1) is 0 Å². The van der Waals surface area contributed by atoms with Crippen molar-refractivity contribution >= 4 is 11.7 Å². The molecular weight excluding hydrogens is 264 g/mol. The van der Waals surface area contributed by atoms with E-state index < -0.39 is 5.91 Å². The van der Waals surface area contributed by atoms with Crippen molar-refractivity contribution in [2.24, 2.45) is 17.4 Å². The first kappa shape index (κ1) is 15.8. The molecule has 1 aromatic rings. The first-order chi connectivity index (χ1) is 10.0. The summed E-state index contributed by atoms with van der Waals surface area (Å²) < 4.78 is 0. The molecule has 0 fully saturated rings. The van der Waals surface area contributed by atoms with Gasteiger partial charge in [0, 0.05) is 18.3 Å². The van der Waals surface area contributed by atoms with Crippen LogP contribution in [0, 0.1) is 5.92 Å². The number of carbonyl (C=O) groups is 1. The quantitative estimate of drug-likeness (QED) is 0.745. The third-order valence-corrected chi connectivity index (χ3v) is 3.95. The Kier molecular flexibility index (Phi) is 5.17. The highest BCUT2D eigenvalue weighted by molar-refractivity contribution is 5.97. The number of aryl methyl sites for hydroxylation is 2. The van der Waals surface area contributed by atoms with Crippen molar-refractivity contribution < 1.29 is 4.79 Å². The van der Waals surface area contributed by atoms with Crippen LogP contribution in [0.15, 0.2) is 6.07 Å². The molecule has 0 saturated heterocycles. The van der Waals surface area contributed by atoms with Crippen molar-refractivity contribution in [3.05, 3.63) is 22.9 Å². The monoisotopic (exact) mass is 290 g/mol. The maximum atomic E-state index is 11.7. The van der Waals surface area contributed by atoms with Gasteiger partial charge >= 0.3 is 0 Å². The van der Waals surface area contributed by atoms with E-state index in [4.69, 9.17) is 11.5 Å². The molecule has 5 N–H and O–H groups in total. The zero-order chi connectivity index (χ0) is 15.4. The average molecular weight is 290 g/mol. The number of aromatic nitrogens is 1. The summed E-state index contributed by atoms with van der Waals surface area (Å²) in [6, 6.07) is 2.02. The molecule has 0 aliphatic heterocycles. The molecule has 1 aromatic heterocycles. The smallest absolute Gasteiger partial charge is 0.252 e. The van der Waals surface area contributed by atoms with Crippen LogP contribution in [0.1, 0.15) is 54.7 Å². The fourth-order valence-corrected chi connectivity index (χ4v) is 2.91. The average Bonchev–Trinajstić information content (AvgIpc) is 2.45. The van der Waals surface area contributed by atoms with Crippen LogP contribution in [0.4, 0.5) is 5.82 Å². The number of hydrogen-bond donors (Lipinski definition) is 3. The molecule has 1 aliphatic rings. The van der Waals surface area contributed by atoms with Gasteiger partial charge in [0.05, 0.1) is 5.56 Å². The lowest BCUT2D eigenvalue weighted by Gasteiger charge is -2.23. The molecule has 0 spiro atoms. The molecule has 1 amide bonds. The van der Waals surface area contributed by atoms with Crippen LogP contribution in [-0.2, 0) is 12.8 Å². The number of primary amides is 1. The molecule has 0 aromatic carbocycles. The largest absolute Gasteiger partial charge is 0.365 e. The van der Waals surface area contributed by atoms with E-state index in [1.165, 1.54) is 0 Å². The van der Waals surface area contributed by atoms with Crippen molar-refractivity contribution in [3.63, 3.8) is 0 Å². The maximum absolute atomic E-state index is 11.7. The van der Waals surface area contributed by atoms with Crippen LogP contribution in [0.25, 0.3) is 0 Å². The molecule has 0 radical (unpaired) electrons. The Bertz CT molecular complexity index is 513. The van der Waals surface area contributed by atoms with Gasteiger partial charge in [-0.05, 0) is 49.7 Å². The van der Waals surface area contributed by atoms with E-state index in [9.17, 15) is 4.79 Å². The minimum Gasteiger partial charge on any atom is -0.365 e. The lowest BCUT2D eigenvalue weighted by Crippen LogP contribution is -2.32. The molecule has 21 heavy (non-hydrogen) atoms. The van der Waals surface area contributed by atoms with Crippen LogP contribution in [0.3, 0.4) is 0 Å². The highest BCUT2D eigenvalue weighted by atomic mass is 16.1. The fraction of sp³-hybridized carbons (Fsp3) is 0.625. The summed E-state index contributed by atoms with van der Waals surface area (Å²) in [6.45, 7) is 4.81. The number of hydrogen-bond acceptors (Lipinski definition) is 4. The lowest BCUT2D eigenvalue weighted by molar-refractivity contribution is 0.100. The molecule has 1 unspecified atom stereocenters. The Morgan fingerprint density at radius 2 is 2.10 bits per heavy atom. The Labute approximate surface area is 126 Å². The van der Waals surface area contributed by atoms with E-state index in [0.717, 1.165) is 43.4 Å². The maximum Gasteiger partial charge on any atom is 0.252 e. The topological polar surface area (TPSA) is 94.0 Å². The molecule has 2 rings (SSSR count). The van der Waals surface area contributed by atoms with Crippen LogP contribution < -0.4 is 16.8 Å². The number of anilines is 1. The predicted octanol–water partition coefficient (Wildman–Crippen LogP) is 1.84. The molecule has 0 saturated carbocycles. The highest BCUT2D eigenvalue weighted by Crippen LogP contribution is 2.25. The lowest BCUT2D eigenvalue weighted by atomic mass is 9.94. The number of amides is 1. The van der Waals surface area contributed by atoms with Gasteiger partial charge in [-0.3, -0.25) is 4.79 Å². The zero-order valence-electron chi connectivity index (χ0n) is 13.0. The van der Waals surface area contributed by atoms with Crippen molar-refractivity contribution in [2.75, 3.05) is 11.9 Å². The highest BCUT2D eigenvalue weighted by Gasteiger charge is 2.20. The van der Waals surface area contributed by atoms with E-state index in [-0.39, 0.29) is 6.04 Å². The van der Waals surface area contributed by atoms with Crippen molar-refractivity contribution in [3.8, 4) is 0 Å². The molecule has 0 bridgehead atoms. The number of nitrogens with zero attached hydrogens (tertiary/aromatic N) is 1. The summed E-state index contributed by atoms with van der Waals surface area (Å²) in [5.41, 5.74) is 14.1. The first-order valence-electron chi connectivity index (χ1n) is 7.80. The van der Waals surface area contributed by atoms with Gasteiger partial charge in [0.25, 0.3) is 5.91 Å². The summed E-state index contributed by atoms with van der Waals surface area (Å²) in [4.78, 5) is 16.4. The second-order valence-electron chi connectivity index (χ2n) is 6.27. The summed E-state index contributed by atoms with van der Waals surface area (Å²) in [7, 11) is 0. The van der Waals surface area contributed by atoms with Crippen LogP contribution in [0.5, 0.6) is 0 Å². The summed E-state index contributed by atoms with van der Waals surface area (Å²) >= 11 is 0. The Morgan fingerprint density at radius 1 is 1.38 bits per heavy atom. The second kappa shape index (κ2) is 6.89. The Balaban J connectivity index is 2.29. The van der Waals surface area contributed by atoms with Crippen molar-refractivity contribution in [1.29, 1.82) is 0 Å². The standard InChI is InChI=1S/C16H26N4O/c1-10(2)7-12(9-17)19-16-13(15(18)21)8-11-5-3-4-6-14(11)20-16/h8,10,12H,3-7,9,17H2,1-2H3,(H2,18,21)(H,19,20). The SMILES string of the molecule is CC(C)CC(CN)Nc1nc2c(cc1C(N)=O)CCCC2. The molecule has 116 valence electrons. The number of rotatable bonds is 6. The molecule has 1 aliphatic carbocycles. The molecule has 1 atom stereocenters. The van der Waals surface area contributed by atoms with E-state index in [0.29, 0.717) is 23.8 Å². The van der Waals surface area contributed by atoms with Crippen LogP contribution in [-0.4, -0.2) is 23.5 Å². The fourth-order valence-electron chi connectivity index (χ4n) is 2.91. The molecule has 5 heteroatoms. The third-order valence-electron chi connectivity index (χ3n) is 3.95. The van der Waals surface area contributed by atoms with Crippen molar-refractivity contribution in [2.45, 2.75) is 52.0 Å².